The number of halogens is 1. The lowest BCUT2D eigenvalue weighted by Gasteiger charge is -2.10. The number of pyridine rings is 1. The van der Waals surface area contributed by atoms with Crippen LogP contribution in [0.5, 0.6) is 0 Å². The monoisotopic (exact) mass is 366 g/mol. The van der Waals surface area contributed by atoms with E-state index in [1.807, 2.05) is 44.2 Å². The quantitative estimate of drug-likeness (QED) is 0.743. The van der Waals surface area contributed by atoms with Crippen LogP contribution in [0.2, 0.25) is 5.02 Å². The summed E-state index contributed by atoms with van der Waals surface area (Å²) in [6, 6.07) is 16.4. The molecular formula is C21H19ClN2O2. The van der Waals surface area contributed by atoms with Gasteiger partial charge >= 0.3 is 0 Å². The molecule has 3 aromatic rings. The molecule has 132 valence electrons. The molecule has 0 unspecified atom stereocenters. The lowest BCUT2D eigenvalue weighted by Crippen LogP contribution is -2.29. The van der Waals surface area contributed by atoms with E-state index >= 15 is 0 Å². The van der Waals surface area contributed by atoms with Crippen molar-refractivity contribution in [1.29, 1.82) is 0 Å². The molecule has 0 radical (unpaired) electrons. The first-order valence-corrected chi connectivity index (χ1v) is 8.64. The van der Waals surface area contributed by atoms with Crippen molar-refractivity contribution < 1.29 is 4.79 Å². The van der Waals surface area contributed by atoms with E-state index in [-0.39, 0.29) is 11.1 Å². The third kappa shape index (κ3) is 4.03. The Morgan fingerprint density at radius 1 is 1.08 bits per heavy atom. The van der Waals surface area contributed by atoms with E-state index in [0.717, 1.165) is 16.7 Å². The van der Waals surface area contributed by atoms with Crippen molar-refractivity contribution in [2.45, 2.75) is 20.4 Å². The molecule has 1 heterocycles. The van der Waals surface area contributed by atoms with E-state index in [1.54, 1.807) is 24.4 Å². The third-order valence-corrected chi connectivity index (χ3v) is 4.58. The van der Waals surface area contributed by atoms with Crippen LogP contribution in [-0.4, -0.2) is 10.5 Å². The molecule has 0 aliphatic rings. The Morgan fingerprint density at radius 3 is 2.50 bits per heavy atom. The van der Waals surface area contributed by atoms with Crippen molar-refractivity contribution in [2.24, 2.45) is 0 Å². The van der Waals surface area contributed by atoms with Gasteiger partial charge in [0.15, 0.2) is 0 Å². The molecule has 0 aliphatic carbocycles. The van der Waals surface area contributed by atoms with Crippen LogP contribution >= 0.6 is 11.6 Å². The topological polar surface area (TPSA) is 51.1 Å². The zero-order valence-electron chi connectivity index (χ0n) is 14.6. The SMILES string of the molecule is Cc1ccc(Cn2cccc(C(=O)Nc3ccc(C)c(Cl)c3)c2=O)cc1. The summed E-state index contributed by atoms with van der Waals surface area (Å²) in [6.45, 7) is 4.31. The Balaban J connectivity index is 1.83. The smallest absolute Gasteiger partial charge is 0.263 e. The summed E-state index contributed by atoms with van der Waals surface area (Å²) < 4.78 is 1.53. The number of aryl methyl sites for hydroxylation is 2. The molecule has 1 N–H and O–H groups in total. The van der Waals surface area contributed by atoms with Crippen molar-refractivity contribution >= 4 is 23.2 Å². The van der Waals surface area contributed by atoms with Gasteiger partial charge in [-0.2, -0.15) is 0 Å². The number of amides is 1. The van der Waals surface area contributed by atoms with E-state index in [9.17, 15) is 9.59 Å². The number of aromatic nitrogens is 1. The van der Waals surface area contributed by atoms with Gasteiger partial charge in [-0.3, -0.25) is 9.59 Å². The zero-order valence-corrected chi connectivity index (χ0v) is 15.4. The average Bonchev–Trinajstić information content (AvgIpc) is 2.62. The zero-order chi connectivity index (χ0) is 18.7. The lowest BCUT2D eigenvalue weighted by molar-refractivity contribution is 0.102. The molecule has 0 atom stereocenters. The van der Waals surface area contributed by atoms with Crippen LogP contribution in [0.15, 0.2) is 65.6 Å². The van der Waals surface area contributed by atoms with E-state index in [1.165, 1.54) is 10.6 Å². The van der Waals surface area contributed by atoms with Crippen molar-refractivity contribution in [3.63, 3.8) is 0 Å². The Kier molecular flexibility index (Phi) is 5.24. The number of carbonyl (C=O) groups excluding carboxylic acids is 1. The second-order valence-electron chi connectivity index (χ2n) is 6.26. The van der Waals surface area contributed by atoms with Gasteiger partial charge in [-0.05, 0) is 49.2 Å². The maximum atomic E-state index is 12.7. The molecule has 0 saturated carbocycles. The van der Waals surface area contributed by atoms with Gasteiger partial charge in [0.05, 0.1) is 6.54 Å². The van der Waals surface area contributed by atoms with Gasteiger partial charge in [-0.1, -0.05) is 47.5 Å². The molecule has 3 rings (SSSR count). The fourth-order valence-corrected chi connectivity index (χ4v) is 2.77. The summed E-state index contributed by atoms with van der Waals surface area (Å²) in [4.78, 5) is 25.2. The van der Waals surface area contributed by atoms with Crippen molar-refractivity contribution in [3.8, 4) is 0 Å². The molecule has 0 aliphatic heterocycles. The van der Waals surface area contributed by atoms with Gasteiger partial charge in [-0.15, -0.1) is 0 Å². The molecule has 0 saturated heterocycles. The van der Waals surface area contributed by atoms with Crippen LogP contribution in [0.3, 0.4) is 0 Å². The Bertz CT molecular complexity index is 1010. The molecule has 1 amide bonds. The molecule has 4 nitrogen and oxygen atoms in total. The van der Waals surface area contributed by atoms with Crippen molar-refractivity contribution in [1.82, 2.24) is 4.57 Å². The predicted molar refractivity (Wildman–Crippen MR) is 105 cm³/mol. The van der Waals surface area contributed by atoms with Gasteiger partial charge in [0.1, 0.15) is 5.56 Å². The number of hydrogen-bond donors (Lipinski definition) is 1. The second kappa shape index (κ2) is 7.58. The maximum Gasteiger partial charge on any atom is 0.263 e. The fraction of sp³-hybridized carbons (Fsp3) is 0.143. The lowest BCUT2D eigenvalue weighted by atomic mass is 10.1. The fourth-order valence-electron chi connectivity index (χ4n) is 2.59. The van der Waals surface area contributed by atoms with Crippen LogP contribution in [0.25, 0.3) is 0 Å². The normalized spacial score (nSPS) is 10.6. The number of nitrogens with zero attached hydrogens (tertiary/aromatic N) is 1. The van der Waals surface area contributed by atoms with Gasteiger partial charge in [0.25, 0.3) is 11.5 Å². The number of benzene rings is 2. The van der Waals surface area contributed by atoms with Crippen LogP contribution in [-0.2, 0) is 6.54 Å². The first-order valence-electron chi connectivity index (χ1n) is 8.26. The number of rotatable bonds is 4. The largest absolute Gasteiger partial charge is 0.322 e. The molecule has 2 aromatic carbocycles. The van der Waals surface area contributed by atoms with Crippen LogP contribution < -0.4 is 10.9 Å². The molecule has 26 heavy (non-hydrogen) atoms. The molecule has 0 bridgehead atoms. The highest BCUT2D eigenvalue weighted by molar-refractivity contribution is 6.31. The number of carbonyl (C=O) groups is 1. The van der Waals surface area contributed by atoms with E-state index < -0.39 is 5.91 Å². The minimum absolute atomic E-state index is 0.0938. The predicted octanol–water partition coefficient (Wildman–Crippen LogP) is 4.42. The maximum absolute atomic E-state index is 12.7. The van der Waals surface area contributed by atoms with Gasteiger partial charge in [-0.25, -0.2) is 0 Å². The minimum atomic E-state index is -0.451. The highest BCUT2D eigenvalue weighted by atomic mass is 35.5. The standard InChI is InChI=1S/C21H19ClN2O2/c1-14-5-8-16(9-6-14)13-24-11-3-4-18(21(24)26)20(25)23-17-10-7-15(2)19(22)12-17/h3-12H,13H2,1-2H3,(H,23,25). The van der Waals surface area contributed by atoms with Crippen LogP contribution in [0, 0.1) is 13.8 Å². The second-order valence-corrected chi connectivity index (χ2v) is 6.67. The summed E-state index contributed by atoms with van der Waals surface area (Å²) in [7, 11) is 0. The molecule has 0 spiro atoms. The summed E-state index contributed by atoms with van der Waals surface area (Å²) in [5.41, 5.74) is 3.40. The van der Waals surface area contributed by atoms with Crippen molar-refractivity contribution in [3.05, 3.63) is 98.4 Å². The van der Waals surface area contributed by atoms with E-state index in [2.05, 4.69) is 5.32 Å². The third-order valence-electron chi connectivity index (χ3n) is 4.17. The van der Waals surface area contributed by atoms with Crippen LogP contribution in [0.4, 0.5) is 5.69 Å². The number of hydrogen-bond acceptors (Lipinski definition) is 2. The van der Waals surface area contributed by atoms with Gasteiger partial charge in [0.2, 0.25) is 0 Å². The first-order chi connectivity index (χ1) is 12.4. The summed E-state index contributed by atoms with van der Waals surface area (Å²) in [5, 5.41) is 3.29. The van der Waals surface area contributed by atoms with Gasteiger partial charge < -0.3 is 9.88 Å². The van der Waals surface area contributed by atoms with Gasteiger partial charge in [0, 0.05) is 16.9 Å². The Morgan fingerprint density at radius 2 is 1.81 bits per heavy atom. The highest BCUT2D eigenvalue weighted by Crippen LogP contribution is 2.20. The molecule has 5 heteroatoms. The number of anilines is 1. The summed E-state index contributed by atoms with van der Waals surface area (Å²) >= 11 is 6.08. The van der Waals surface area contributed by atoms with E-state index in [4.69, 9.17) is 11.6 Å². The van der Waals surface area contributed by atoms with Crippen molar-refractivity contribution in [2.75, 3.05) is 5.32 Å². The number of nitrogens with one attached hydrogen (secondary N) is 1. The molecular weight excluding hydrogens is 348 g/mol. The molecule has 0 fully saturated rings. The minimum Gasteiger partial charge on any atom is -0.322 e. The first kappa shape index (κ1) is 18.0. The highest BCUT2D eigenvalue weighted by Gasteiger charge is 2.13. The summed E-state index contributed by atoms with van der Waals surface area (Å²) in [6.07, 6.45) is 1.68. The van der Waals surface area contributed by atoms with E-state index in [0.29, 0.717) is 17.3 Å². The summed E-state index contributed by atoms with van der Waals surface area (Å²) in [5.74, 6) is -0.451. The van der Waals surface area contributed by atoms with Crippen LogP contribution in [0.1, 0.15) is 27.0 Å². The Labute approximate surface area is 157 Å². The Hall–Kier alpha value is -2.85. The average molecular weight is 367 g/mol. The molecule has 1 aromatic heterocycles.